The normalized spacial score (nSPS) is 11.1. The van der Waals surface area contributed by atoms with Gasteiger partial charge in [-0.3, -0.25) is 0 Å². The number of imidazole rings is 1. The molecule has 3 rings (SSSR count). The van der Waals surface area contributed by atoms with Gasteiger partial charge in [-0.05, 0) is 36.8 Å². The first-order valence-corrected chi connectivity index (χ1v) is 6.33. The molecule has 0 aliphatic rings. The first-order chi connectivity index (χ1) is 8.63. The van der Waals surface area contributed by atoms with Crippen molar-refractivity contribution in [2.75, 3.05) is 0 Å². The molecule has 2 heterocycles. The molecule has 0 unspecified atom stereocenters. The number of hydrogen-bond donors (Lipinski definition) is 0. The summed E-state index contributed by atoms with van der Waals surface area (Å²) < 4.78 is 16.5. The quantitative estimate of drug-likeness (QED) is 0.658. The number of hydrogen-bond acceptors (Lipinski definition) is 1. The molecule has 0 spiro atoms. The molecule has 1 aromatic carbocycles. The van der Waals surface area contributed by atoms with Crippen molar-refractivity contribution in [2.45, 2.75) is 6.92 Å². The summed E-state index contributed by atoms with van der Waals surface area (Å²) in [6.45, 7) is 2.01. The number of pyridine rings is 1. The molecule has 0 bridgehead atoms. The van der Waals surface area contributed by atoms with Crippen molar-refractivity contribution in [3.63, 3.8) is 0 Å². The fourth-order valence-electron chi connectivity index (χ4n) is 1.93. The lowest BCUT2D eigenvalue weighted by Gasteiger charge is -1.98. The molecule has 3 aromatic rings. The number of halogens is 2. The second kappa shape index (κ2) is 4.21. The maximum atomic E-state index is 13.9. The van der Waals surface area contributed by atoms with Crippen LogP contribution in [0.1, 0.15) is 5.56 Å². The van der Waals surface area contributed by atoms with Crippen LogP contribution in [0, 0.1) is 12.7 Å². The highest BCUT2D eigenvalue weighted by Crippen LogP contribution is 2.25. The fraction of sp³-hybridized carbons (Fsp3) is 0.0714. The number of benzene rings is 1. The van der Waals surface area contributed by atoms with Gasteiger partial charge in [0.25, 0.3) is 0 Å². The Bertz CT molecular complexity index is 734. The Balaban J connectivity index is 2.19. The van der Waals surface area contributed by atoms with E-state index in [1.807, 2.05) is 41.9 Å². The lowest BCUT2D eigenvalue weighted by Crippen LogP contribution is -1.83. The molecule has 0 atom stereocenters. The Morgan fingerprint density at radius 2 is 2.00 bits per heavy atom. The van der Waals surface area contributed by atoms with Gasteiger partial charge in [0, 0.05) is 22.4 Å². The van der Waals surface area contributed by atoms with Crippen LogP contribution in [0.15, 0.2) is 47.2 Å². The Hall–Kier alpha value is -1.68. The predicted octanol–water partition coefficient (Wildman–Crippen LogP) is 4.21. The molecule has 0 aliphatic heterocycles. The second-order valence-corrected chi connectivity index (χ2v) is 5.14. The van der Waals surface area contributed by atoms with E-state index in [-0.39, 0.29) is 5.82 Å². The summed E-state index contributed by atoms with van der Waals surface area (Å²) in [5, 5.41) is 0. The van der Waals surface area contributed by atoms with Crippen LogP contribution in [0.4, 0.5) is 4.39 Å². The SMILES string of the molecule is Cc1ccc2nc(-c3ccc(Br)cc3F)cn2c1. The van der Waals surface area contributed by atoms with Crippen LogP contribution in [0.2, 0.25) is 0 Å². The zero-order valence-electron chi connectivity index (χ0n) is 9.69. The predicted molar refractivity (Wildman–Crippen MR) is 73.0 cm³/mol. The molecule has 2 aromatic heterocycles. The largest absolute Gasteiger partial charge is 0.306 e. The monoisotopic (exact) mass is 304 g/mol. The molecular formula is C14H10BrFN2. The van der Waals surface area contributed by atoms with E-state index in [0.717, 1.165) is 15.7 Å². The molecule has 4 heteroatoms. The summed E-state index contributed by atoms with van der Waals surface area (Å²) in [6, 6.07) is 8.91. The lowest BCUT2D eigenvalue weighted by molar-refractivity contribution is 0.630. The van der Waals surface area contributed by atoms with Crippen molar-refractivity contribution in [3.05, 3.63) is 58.6 Å². The van der Waals surface area contributed by atoms with Crippen LogP contribution < -0.4 is 0 Å². The Morgan fingerprint density at radius 3 is 2.78 bits per heavy atom. The molecule has 0 fully saturated rings. The maximum Gasteiger partial charge on any atom is 0.137 e. The number of rotatable bonds is 1. The zero-order chi connectivity index (χ0) is 12.7. The molecule has 0 amide bonds. The van der Waals surface area contributed by atoms with E-state index in [4.69, 9.17) is 0 Å². The minimum Gasteiger partial charge on any atom is -0.306 e. The summed E-state index contributed by atoms with van der Waals surface area (Å²) in [4.78, 5) is 4.42. The summed E-state index contributed by atoms with van der Waals surface area (Å²) in [5.41, 5.74) is 3.12. The van der Waals surface area contributed by atoms with E-state index < -0.39 is 0 Å². The molecule has 18 heavy (non-hydrogen) atoms. The zero-order valence-corrected chi connectivity index (χ0v) is 11.3. The highest BCUT2D eigenvalue weighted by Gasteiger charge is 2.09. The van der Waals surface area contributed by atoms with Gasteiger partial charge < -0.3 is 4.40 Å². The standard InChI is InChI=1S/C14H10BrFN2/c1-9-2-5-14-17-13(8-18(14)7-9)11-4-3-10(15)6-12(11)16/h2-8H,1H3. The number of nitrogens with zero attached hydrogens (tertiary/aromatic N) is 2. The third-order valence-corrected chi connectivity index (χ3v) is 3.30. The van der Waals surface area contributed by atoms with Crippen LogP contribution in [0.25, 0.3) is 16.9 Å². The molecule has 0 saturated heterocycles. The smallest absolute Gasteiger partial charge is 0.137 e. The second-order valence-electron chi connectivity index (χ2n) is 4.22. The van der Waals surface area contributed by atoms with E-state index in [1.165, 1.54) is 6.07 Å². The van der Waals surface area contributed by atoms with Gasteiger partial charge >= 0.3 is 0 Å². The molecule has 2 nitrogen and oxygen atoms in total. The van der Waals surface area contributed by atoms with Crippen LogP contribution in [0.5, 0.6) is 0 Å². The van der Waals surface area contributed by atoms with Crippen LogP contribution in [-0.2, 0) is 0 Å². The van der Waals surface area contributed by atoms with E-state index >= 15 is 0 Å². The molecule has 0 saturated carbocycles. The maximum absolute atomic E-state index is 13.9. The third-order valence-electron chi connectivity index (χ3n) is 2.81. The van der Waals surface area contributed by atoms with Gasteiger partial charge in [0.15, 0.2) is 0 Å². The number of aryl methyl sites for hydroxylation is 1. The topological polar surface area (TPSA) is 17.3 Å². The number of aromatic nitrogens is 2. The lowest BCUT2D eigenvalue weighted by atomic mass is 10.1. The van der Waals surface area contributed by atoms with Crippen LogP contribution in [-0.4, -0.2) is 9.38 Å². The minimum absolute atomic E-state index is 0.274. The Labute approximate surface area is 112 Å². The molecule has 0 N–H and O–H groups in total. The molecule has 0 aliphatic carbocycles. The van der Waals surface area contributed by atoms with Gasteiger partial charge in [-0.15, -0.1) is 0 Å². The van der Waals surface area contributed by atoms with Gasteiger partial charge in [-0.2, -0.15) is 0 Å². The number of fused-ring (bicyclic) bond motifs is 1. The summed E-state index contributed by atoms with van der Waals surface area (Å²) in [6.07, 6.45) is 3.82. The fourth-order valence-corrected chi connectivity index (χ4v) is 2.26. The average Bonchev–Trinajstić information content (AvgIpc) is 2.71. The van der Waals surface area contributed by atoms with Gasteiger partial charge in [0.2, 0.25) is 0 Å². The van der Waals surface area contributed by atoms with Crippen molar-refractivity contribution in [1.82, 2.24) is 9.38 Å². The van der Waals surface area contributed by atoms with Gasteiger partial charge in [-0.25, -0.2) is 9.37 Å². The van der Waals surface area contributed by atoms with Crippen molar-refractivity contribution in [1.29, 1.82) is 0 Å². The van der Waals surface area contributed by atoms with Gasteiger partial charge in [0.1, 0.15) is 11.5 Å². The first-order valence-electron chi connectivity index (χ1n) is 5.54. The van der Waals surface area contributed by atoms with Gasteiger partial charge in [0.05, 0.1) is 5.69 Å². The summed E-state index contributed by atoms with van der Waals surface area (Å²) in [7, 11) is 0. The molecule has 90 valence electrons. The molecular weight excluding hydrogens is 295 g/mol. The summed E-state index contributed by atoms with van der Waals surface area (Å²) in [5.74, 6) is -0.274. The molecule has 0 radical (unpaired) electrons. The Morgan fingerprint density at radius 1 is 1.17 bits per heavy atom. The van der Waals surface area contributed by atoms with Crippen LogP contribution in [0.3, 0.4) is 0 Å². The Kier molecular flexibility index (Phi) is 2.67. The minimum atomic E-state index is -0.274. The van der Waals surface area contributed by atoms with E-state index in [9.17, 15) is 4.39 Å². The first kappa shape index (κ1) is 11.4. The van der Waals surface area contributed by atoms with Gasteiger partial charge in [-0.1, -0.05) is 22.0 Å². The van der Waals surface area contributed by atoms with Crippen molar-refractivity contribution < 1.29 is 4.39 Å². The third kappa shape index (κ3) is 1.93. The van der Waals surface area contributed by atoms with Crippen molar-refractivity contribution in [2.24, 2.45) is 0 Å². The average molecular weight is 305 g/mol. The highest BCUT2D eigenvalue weighted by atomic mass is 79.9. The van der Waals surface area contributed by atoms with Crippen LogP contribution >= 0.6 is 15.9 Å². The van der Waals surface area contributed by atoms with Crippen molar-refractivity contribution >= 4 is 21.6 Å². The highest BCUT2D eigenvalue weighted by molar-refractivity contribution is 9.10. The van der Waals surface area contributed by atoms with E-state index in [0.29, 0.717) is 11.3 Å². The van der Waals surface area contributed by atoms with E-state index in [2.05, 4.69) is 20.9 Å². The summed E-state index contributed by atoms with van der Waals surface area (Å²) >= 11 is 3.25. The van der Waals surface area contributed by atoms with Crippen molar-refractivity contribution in [3.8, 4) is 11.3 Å². The van der Waals surface area contributed by atoms with E-state index in [1.54, 1.807) is 6.07 Å².